The Kier molecular flexibility index (Phi) is 66.8. The Balaban J connectivity index is 5.20. The molecule has 0 aromatic heterocycles. The van der Waals surface area contributed by atoms with E-state index in [2.05, 4.69) is 55.4 Å². The Hall–Kier alpha value is -1.94. The molecule has 0 aromatic rings. The Morgan fingerprint density at radius 1 is 0.255 bits per heavy atom. The number of carbonyl (C=O) groups excluding carboxylic acids is 4. The van der Waals surface area contributed by atoms with Crippen LogP contribution in [0.25, 0.3) is 0 Å². The fourth-order valence-electron chi connectivity index (χ4n) is 12.1. The number of ether oxygens (including phenoxy) is 4. The molecule has 0 aliphatic heterocycles. The van der Waals surface area contributed by atoms with Gasteiger partial charge in [-0.2, -0.15) is 0 Å². The van der Waals surface area contributed by atoms with Crippen LogP contribution in [0.1, 0.15) is 402 Å². The largest absolute Gasteiger partial charge is 0.472 e. The van der Waals surface area contributed by atoms with E-state index >= 15 is 0 Å². The maximum absolute atomic E-state index is 13.1. The van der Waals surface area contributed by atoms with E-state index in [1.54, 1.807) is 0 Å². The number of phosphoric acid groups is 2. The Bertz CT molecular complexity index is 1920. The highest BCUT2D eigenvalue weighted by Gasteiger charge is 2.30. The lowest BCUT2D eigenvalue weighted by atomic mass is 10.0. The number of aliphatic hydroxyl groups is 1. The first kappa shape index (κ1) is 96.1. The molecule has 98 heavy (non-hydrogen) atoms. The zero-order chi connectivity index (χ0) is 72.4. The number of aliphatic hydroxyl groups excluding tert-OH is 1. The SMILES string of the molecule is CC(C)CCCCCCCCCCCCCCCCCCCCC(=O)OC[C@H](COP(=O)(O)OCC(O)COP(=O)(O)OC[C@@H](COC(=O)CCCCCCCCCCC(C)C)OC(=O)CCCCCCCCCCCCC(C)C)OC(=O)CCCCCCCCCCCCC(C)C. The molecular formula is C79H154O17P2. The van der Waals surface area contributed by atoms with Crippen molar-refractivity contribution in [3.63, 3.8) is 0 Å². The third-order valence-electron chi connectivity index (χ3n) is 18.3. The lowest BCUT2D eigenvalue weighted by Crippen LogP contribution is -2.30. The Labute approximate surface area is 600 Å². The van der Waals surface area contributed by atoms with Gasteiger partial charge in [0.05, 0.1) is 26.4 Å². The van der Waals surface area contributed by atoms with Crippen LogP contribution in [0.2, 0.25) is 0 Å². The van der Waals surface area contributed by atoms with Crippen molar-refractivity contribution < 1.29 is 80.2 Å². The van der Waals surface area contributed by atoms with E-state index in [-0.39, 0.29) is 25.7 Å². The number of hydrogen-bond donors (Lipinski definition) is 3. The predicted octanol–water partition coefficient (Wildman–Crippen LogP) is 23.2. The van der Waals surface area contributed by atoms with E-state index in [4.69, 9.17) is 37.0 Å². The fraction of sp³-hybridized carbons (Fsp3) is 0.949. The zero-order valence-electron chi connectivity index (χ0n) is 64.4. The first-order chi connectivity index (χ1) is 47.1. The molecule has 0 aliphatic carbocycles. The van der Waals surface area contributed by atoms with Crippen molar-refractivity contribution in [2.45, 2.75) is 420 Å². The van der Waals surface area contributed by atoms with E-state index in [1.165, 1.54) is 205 Å². The van der Waals surface area contributed by atoms with Gasteiger partial charge in [-0.05, 0) is 49.4 Å². The second-order valence-electron chi connectivity index (χ2n) is 30.4. The molecule has 0 fully saturated rings. The molecule has 0 radical (unpaired) electrons. The summed E-state index contributed by atoms with van der Waals surface area (Å²) in [6, 6.07) is 0. The smallest absolute Gasteiger partial charge is 0.462 e. The van der Waals surface area contributed by atoms with Gasteiger partial charge in [-0.15, -0.1) is 0 Å². The summed E-state index contributed by atoms with van der Waals surface area (Å²) < 4.78 is 68.6. The van der Waals surface area contributed by atoms with E-state index in [0.717, 1.165) is 114 Å². The molecule has 0 spiro atoms. The lowest BCUT2D eigenvalue weighted by molar-refractivity contribution is -0.161. The van der Waals surface area contributed by atoms with Crippen LogP contribution in [0.5, 0.6) is 0 Å². The van der Waals surface area contributed by atoms with Crippen LogP contribution in [-0.4, -0.2) is 96.7 Å². The van der Waals surface area contributed by atoms with Gasteiger partial charge in [0.1, 0.15) is 19.3 Å². The minimum absolute atomic E-state index is 0.105. The maximum Gasteiger partial charge on any atom is 0.472 e. The van der Waals surface area contributed by atoms with Crippen LogP contribution in [0.4, 0.5) is 0 Å². The van der Waals surface area contributed by atoms with E-state index < -0.39 is 97.5 Å². The summed E-state index contributed by atoms with van der Waals surface area (Å²) in [6.07, 6.45) is 54.3. The van der Waals surface area contributed by atoms with Crippen molar-refractivity contribution in [3.05, 3.63) is 0 Å². The second-order valence-corrected chi connectivity index (χ2v) is 33.3. The van der Waals surface area contributed by atoms with Gasteiger partial charge in [-0.1, -0.05) is 351 Å². The van der Waals surface area contributed by atoms with Crippen LogP contribution >= 0.6 is 15.6 Å². The monoisotopic (exact) mass is 1440 g/mol. The number of unbranched alkanes of at least 4 members (excludes halogenated alkanes) is 42. The number of hydrogen-bond acceptors (Lipinski definition) is 15. The molecule has 3 unspecified atom stereocenters. The minimum Gasteiger partial charge on any atom is -0.462 e. The van der Waals surface area contributed by atoms with Gasteiger partial charge in [0.25, 0.3) is 0 Å². The maximum atomic E-state index is 13.1. The van der Waals surface area contributed by atoms with Crippen molar-refractivity contribution >= 4 is 39.5 Å². The summed E-state index contributed by atoms with van der Waals surface area (Å²) in [4.78, 5) is 72.9. The van der Waals surface area contributed by atoms with Crippen molar-refractivity contribution in [2.75, 3.05) is 39.6 Å². The third kappa shape index (κ3) is 72.4. The van der Waals surface area contributed by atoms with Crippen molar-refractivity contribution in [1.29, 1.82) is 0 Å². The van der Waals surface area contributed by atoms with Crippen LogP contribution < -0.4 is 0 Å². The van der Waals surface area contributed by atoms with Crippen LogP contribution in [0.15, 0.2) is 0 Å². The van der Waals surface area contributed by atoms with Gasteiger partial charge in [0, 0.05) is 25.7 Å². The van der Waals surface area contributed by atoms with Crippen LogP contribution in [0, 0.1) is 23.7 Å². The van der Waals surface area contributed by atoms with Crippen LogP contribution in [-0.2, 0) is 65.4 Å². The summed E-state index contributed by atoms with van der Waals surface area (Å²) in [5, 5.41) is 10.6. The first-order valence-corrected chi connectivity index (χ1v) is 43.7. The molecular weight excluding hydrogens is 1280 g/mol. The van der Waals surface area contributed by atoms with Crippen molar-refractivity contribution in [3.8, 4) is 0 Å². The fourth-order valence-corrected chi connectivity index (χ4v) is 13.7. The highest BCUT2D eigenvalue weighted by Crippen LogP contribution is 2.45. The first-order valence-electron chi connectivity index (χ1n) is 40.7. The Morgan fingerprint density at radius 2 is 0.429 bits per heavy atom. The van der Waals surface area contributed by atoms with E-state index in [0.29, 0.717) is 25.7 Å². The van der Waals surface area contributed by atoms with Gasteiger partial charge in [-0.3, -0.25) is 37.3 Å². The zero-order valence-corrected chi connectivity index (χ0v) is 66.2. The molecule has 0 saturated heterocycles. The van der Waals surface area contributed by atoms with Crippen LogP contribution in [0.3, 0.4) is 0 Å². The molecule has 0 rings (SSSR count). The van der Waals surface area contributed by atoms with Crippen molar-refractivity contribution in [2.24, 2.45) is 23.7 Å². The van der Waals surface area contributed by atoms with Gasteiger partial charge in [0.15, 0.2) is 12.2 Å². The lowest BCUT2D eigenvalue weighted by Gasteiger charge is -2.21. The molecule has 0 aliphatic rings. The molecule has 0 aromatic carbocycles. The van der Waals surface area contributed by atoms with E-state index in [1.807, 2.05) is 0 Å². The molecule has 17 nitrogen and oxygen atoms in total. The number of rotatable bonds is 76. The molecule has 19 heteroatoms. The second kappa shape index (κ2) is 68.2. The third-order valence-corrected chi connectivity index (χ3v) is 20.2. The minimum atomic E-state index is -4.96. The van der Waals surface area contributed by atoms with Gasteiger partial charge >= 0.3 is 39.5 Å². The molecule has 5 atom stereocenters. The van der Waals surface area contributed by atoms with Crippen molar-refractivity contribution in [1.82, 2.24) is 0 Å². The molecule has 0 amide bonds. The summed E-state index contributed by atoms with van der Waals surface area (Å²) in [5.74, 6) is 0.935. The Morgan fingerprint density at radius 3 is 0.633 bits per heavy atom. The molecule has 0 bridgehead atoms. The highest BCUT2D eigenvalue weighted by atomic mass is 31.2. The highest BCUT2D eigenvalue weighted by molar-refractivity contribution is 7.47. The standard InChI is InChI=1S/C79H154O17P2/c1-69(2)55-47-39-31-23-17-15-13-11-9-10-12-14-16-18-26-35-43-51-59-76(81)89-65-74(95-78(83)61-53-45-37-27-21-19-24-32-40-48-56-70(3)4)67-93-97(85,86)91-63-73(80)64-92-98(87,88)94-68-75(66-90-77(82)60-52-44-36-30-29-34-42-50-58-72(7)8)96-79(84)62-54-46-38-28-22-20-25-33-41-49-57-71(5)6/h69-75,80H,9-68H2,1-8H3,(H,85,86)(H,87,88)/t73?,74-,75-/m1/s1. The van der Waals surface area contributed by atoms with Gasteiger partial charge in [0.2, 0.25) is 0 Å². The van der Waals surface area contributed by atoms with Gasteiger partial charge in [-0.25, -0.2) is 9.13 Å². The molecule has 0 heterocycles. The summed E-state index contributed by atoms with van der Waals surface area (Å²) in [5.41, 5.74) is 0. The number of esters is 4. The molecule has 3 N–H and O–H groups in total. The topological polar surface area (TPSA) is 237 Å². The molecule has 0 saturated carbocycles. The normalized spacial score (nSPS) is 14.1. The summed E-state index contributed by atoms with van der Waals surface area (Å²) in [6.45, 7) is 14.2. The quantitative estimate of drug-likeness (QED) is 0.0222. The number of carbonyl (C=O) groups is 4. The molecule has 582 valence electrons. The summed E-state index contributed by atoms with van der Waals surface area (Å²) in [7, 11) is -9.92. The van der Waals surface area contributed by atoms with Gasteiger partial charge < -0.3 is 33.8 Å². The van der Waals surface area contributed by atoms with E-state index in [9.17, 15) is 43.2 Å². The summed E-state index contributed by atoms with van der Waals surface area (Å²) >= 11 is 0. The predicted molar refractivity (Wildman–Crippen MR) is 400 cm³/mol. The number of phosphoric ester groups is 2. The average Bonchev–Trinajstić information content (AvgIpc) is 0.975. The average molecular weight is 1440 g/mol.